The molecule has 0 radical (unpaired) electrons. The van der Waals surface area contributed by atoms with Gasteiger partial charge in [0.2, 0.25) is 11.8 Å². The monoisotopic (exact) mass is 394 g/mol. The summed E-state index contributed by atoms with van der Waals surface area (Å²) in [7, 11) is 0. The van der Waals surface area contributed by atoms with Crippen LogP contribution < -0.4 is 4.90 Å². The highest BCUT2D eigenvalue weighted by Gasteiger charge is 2.75. The second-order valence-corrected chi connectivity index (χ2v) is 7.99. The summed E-state index contributed by atoms with van der Waals surface area (Å²) in [5, 5.41) is 18.6. The summed E-state index contributed by atoms with van der Waals surface area (Å²) >= 11 is 0. The fourth-order valence-corrected chi connectivity index (χ4v) is 5.19. The number of fused-ring (bicyclic) bond motifs is 5. The summed E-state index contributed by atoms with van der Waals surface area (Å²) in [6.07, 6.45) is -4.42. The molecule has 0 aromatic heterocycles. The van der Waals surface area contributed by atoms with Gasteiger partial charge in [-0.15, -0.1) is 0 Å². The van der Waals surface area contributed by atoms with Gasteiger partial charge in [0.15, 0.2) is 0 Å². The van der Waals surface area contributed by atoms with Crippen LogP contribution in [0.15, 0.2) is 18.2 Å². The van der Waals surface area contributed by atoms with Crippen molar-refractivity contribution in [3.8, 4) is 6.07 Å². The second kappa shape index (κ2) is 5.55. The second-order valence-electron chi connectivity index (χ2n) is 7.99. The Morgan fingerprint density at radius 1 is 1.29 bits per heavy atom. The number of ether oxygens (including phenoxy) is 1. The largest absolute Gasteiger partial charge is 0.417 e. The summed E-state index contributed by atoms with van der Waals surface area (Å²) in [6, 6.07) is 4.26. The van der Waals surface area contributed by atoms with Gasteiger partial charge in [0.25, 0.3) is 0 Å². The first kappa shape index (κ1) is 18.9. The van der Waals surface area contributed by atoms with Crippen molar-refractivity contribution in [3.05, 3.63) is 29.3 Å². The molecule has 0 spiro atoms. The quantitative estimate of drug-likeness (QED) is 0.777. The maximum Gasteiger partial charge on any atom is 0.417 e. The Bertz CT molecular complexity index is 940. The van der Waals surface area contributed by atoms with Crippen LogP contribution in [0.25, 0.3) is 0 Å². The third-order valence-electron chi connectivity index (χ3n) is 6.40. The van der Waals surface area contributed by atoms with Crippen LogP contribution in [0.2, 0.25) is 0 Å². The zero-order chi connectivity index (χ0) is 20.6. The van der Waals surface area contributed by atoms with Crippen molar-refractivity contribution in [1.82, 2.24) is 0 Å². The summed E-state index contributed by atoms with van der Waals surface area (Å²) in [5.41, 5.74) is -4.03. The Morgan fingerprint density at radius 2 is 1.93 bits per heavy atom. The first-order valence-electron chi connectivity index (χ1n) is 8.78. The van der Waals surface area contributed by atoms with Crippen molar-refractivity contribution in [3.63, 3.8) is 0 Å². The van der Waals surface area contributed by atoms with Crippen LogP contribution in [0.5, 0.6) is 0 Å². The average molecular weight is 394 g/mol. The number of halogens is 3. The highest BCUT2D eigenvalue weighted by Crippen LogP contribution is 2.63. The molecule has 1 aromatic carbocycles. The zero-order valence-corrected chi connectivity index (χ0v) is 15.1. The number of rotatable bonds is 2. The van der Waals surface area contributed by atoms with Crippen LogP contribution in [-0.4, -0.2) is 34.7 Å². The molecular weight excluding hydrogens is 377 g/mol. The molecule has 6 nitrogen and oxygen atoms in total. The third kappa shape index (κ3) is 2.22. The normalized spacial score (nSPS) is 36.8. The number of anilines is 1. The molecule has 148 valence electrons. The van der Waals surface area contributed by atoms with E-state index in [2.05, 4.69) is 0 Å². The molecule has 2 bridgehead atoms. The minimum absolute atomic E-state index is 0.216. The van der Waals surface area contributed by atoms with E-state index in [0.717, 1.165) is 11.0 Å². The van der Waals surface area contributed by atoms with Gasteiger partial charge < -0.3 is 9.84 Å². The first-order chi connectivity index (χ1) is 13.0. The maximum atomic E-state index is 13.3. The van der Waals surface area contributed by atoms with E-state index in [1.807, 2.05) is 0 Å². The molecule has 1 N–H and O–H groups in total. The number of nitriles is 1. The van der Waals surface area contributed by atoms with Gasteiger partial charge >= 0.3 is 6.18 Å². The Balaban J connectivity index is 1.80. The van der Waals surface area contributed by atoms with E-state index < -0.39 is 52.2 Å². The van der Waals surface area contributed by atoms with Crippen molar-refractivity contribution in [2.45, 2.75) is 37.6 Å². The lowest BCUT2D eigenvalue weighted by Crippen LogP contribution is -2.47. The zero-order valence-electron chi connectivity index (χ0n) is 15.1. The summed E-state index contributed by atoms with van der Waals surface area (Å²) < 4.78 is 45.9. The minimum atomic E-state index is -4.80. The maximum absolute atomic E-state index is 13.3. The Labute approximate surface area is 158 Å². The molecule has 0 saturated carbocycles. The van der Waals surface area contributed by atoms with Gasteiger partial charge in [-0.05, 0) is 38.5 Å². The molecule has 5 atom stereocenters. The van der Waals surface area contributed by atoms with Gasteiger partial charge in [-0.2, -0.15) is 18.4 Å². The van der Waals surface area contributed by atoms with E-state index in [1.54, 1.807) is 13.8 Å². The molecule has 9 heteroatoms. The molecule has 3 saturated heterocycles. The van der Waals surface area contributed by atoms with Gasteiger partial charge in [0, 0.05) is 12.5 Å². The number of aliphatic hydroxyl groups excluding tert-OH is 1. The summed E-state index contributed by atoms with van der Waals surface area (Å²) in [4.78, 5) is 26.9. The molecule has 0 aliphatic carbocycles. The van der Waals surface area contributed by atoms with Crippen molar-refractivity contribution >= 4 is 17.5 Å². The van der Waals surface area contributed by atoms with Crippen LogP contribution in [0.1, 0.15) is 31.4 Å². The number of imide groups is 1. The van der Waals surface area contributed by atoms with E-state index in [0.29, 0.717) is 12.5 Å². The summed E-state index contributed by atoms with van der Waals surface area (Å²) in [6.45, 7) is 3.14. The number of aliphatic hydroxyl groups is 1. The van der Waals surface area contributed by atoms with Crippen molar-refractivity contribution < 1.29 is 32.6 Å². The fourth-order valence-electron chi connectivity index (χ4n) is 5.19. The molecule has 3 fully saturated rings. The van der Waals surface area contributed by atoms with E-state index in [4.69, 9.17) is 10.00 Å². The van der Waals surface area contributed by atoms with Crippen LogP contribution in [0.4, 0.5) is 18.9 Å². The lowest BCUT2D eigenvalue weighted by atomic mass is 9.64. The SMILES string of the molecule is CC12C[C@H](CO)C(C)(O1)[C@H]1C(=O)N(c3ccc(C#N)c(C(F)(F)F)c3)C(=O)[C@H]12. The molecule has 2 amide bonds. The molecule has 2 unspecified atom stereocenters. The van der Waals surface area contributed by atoms with Crippen LogP contribution in [0.3, 0.4) is 0 Å². The number of carbonyl (C=O) groups is 2. The van der Waals surface area contributed by atoms with Crippen LogP contribution >= 0.6 is 0 Å². The standard InChI is InChI=1S/C19H17F3N2O4/c1-17-6-10(8-25)18(2,28-17)14-13(17)15(26)24(16(14)27)11-4-3-9(7-23)12(5-11)19(20,21)22/h3-5,10,13-14,25H,6,8H2,1-2H3/t10-,13+,14-,17?,18?/m1/s1. The van der Waals surface area contributed by atoms with E-state index in [9.17, 15) is 27.9 Å². The molecular formula is C19H17F3N2O4. The Morgan fingerprint density at radius 3 is 2.50 bits per heavy atom. The molecule has 3 aliphatic heterocycles. The lowest BCUT2D eigenvalue weighted by Gasteiger charge is -2.34. The predicted molar refractivity (Wildman–Crippen MR) is 88.7 cm³/mol. The van der Waals surface area contributed by atoms with Crippen LogP contribution in [-0.2, 0) is 20.5 Å². The number of hydrogen-bond donors (Lipinski definition) is 1. The number of amides is 2. The van der Waals surface area contributed by atoms with Crippen molar-refractivity contribution in [2.75, 3.05) is 11.5 Å². The van der Waals surface area contributed by atoms with Gasteiger partial charge in [-0.1, -0.05) is 0 Å². The molecule has 3 aliphatic rings. The molecule has 4 rings (SSSR count). The minimum Gasteiger partial charge on any atom is -0.396 e. The number of nitrogens with zero attached hydrogens (tertiary/aromatic N) is 2. The van der Waals surface area contributed by atoms with E-state index >= 15 is 0 Å². The van der Waals surface area contributed by atoms with Gasteiger partial charge in [-0.25, -0.2) is 4.90 Å². The number of alkyl halides is 3. The Hall–Kier alpha value is -2.44. The van der Waals surface area contributed by atoms with E-state index in [-0.39, 0.29) is 18.2 Å². The molecule has 1 aromatic rings. The predicted octanol–water partition coefficient (Wildman–Crippen LogP) is 2.24. The van der Waals surface area contributed by atoms with E-state index in [1.165, 1.54) is 12.1 Å². The molecule has 3 heterocycles. The van der Waals surface area contributed by atoms with Gasteiger partial charge in [0.1, 0.15) is 0 Å². The lowest BCUT2D eigenvalue weighted by molar-refractivity contribution is -0.138. The third-order valence-corrected chi connectivity index (χ3v) is 6.40. The number of benzene rings is 1. The number of hydrogen-bond acceptors (Lipinski definition) is 5. The van der Waals surface area contributed by atoms with Crippen molar-refractivity contribution in [2.24, 2.45) is 17.8 Å². The highest BCUT2D eigenvalue weighted by molar-refractivity contribution is 6.23. The fraction of sp³-hybridized carbons (Fsp3) is 0.526. The van der Waals surface area contributed by atoms with Crippen molar-refractivity contribution in [1.29, 1.82) is 5.26 Å². The smallest absolute Gasteiger partial charge is 0.396 e. The Kier molecular flexibility index (Phi) is 3.75. The topological polar surface area (TPSA) is 90.6 Å². The van der Waals surface area contributed by atoms with Gasteiger partial charge in [0.05, 0.1) is 45.9 Å². The highest BCUT2D eigenvalue weighted by atomic mass is 19.4. The van der Waals surface area contributed by atoms with Crippen LogP contribution in [0, 0.1) is 29.1 Å². The van der Waals surface area contributed by atoms with Gasteiger partial charge in [-0.3, -0.25) is 9.59 Å². The molecule has 28 heavy (non-hydrogen) atoms. The summed E-state index contributed by atoms with van der Waals surface area (Å²) in [5.74, 6) is -3.30. The number of carbonyl (C=O) groups excluding carboxylic acids is 2. The average Bonchev–Trinajstić information content (AvgIpc) is 3.14. The first-order valence-corrected chi connectivity index (χ1v) is 8.78.